The highest BCUT2D eigenvalue weighted by Crippen LogP contribution is 2.20. The van der Waals surface area contributed by atoms with E-state index in [1.807, 2.05) is 24.3 Å². The summed E-state index contributed by atoms with van der Waals surface area (Å²) in [5.74, 6) is 1.07. The first-order valence-corrected chi connectivity index (χ1v) is 7.99. The Balaban J connectivity index is 2.13. The molecule has 0 aliphatic carbocycles. The van der Waals surface area contributed by atoms with Crippen molar-refractivity contribution in [1.29, 1.82) is 0 Å². The maximum atomic E-state index is 12.4. The van der Waals surface area contributed by atoms with Gasteiger partial charge in [-0.3, -0.25) is 9.59 Å². The van der Waals surface area contributed by atoms with E-state index in [0.717, 1.165) is 12.2 Å². The highest BCUT2D eigenvalue weighted by atomic mass is 32.2. The Hall–Kier alpha value is -1.87. The third-order valence-electron chi connectivity index (χ3n) is 3.14. The van der Waals surface area contributed by atoms with E-state index in [9.17, 15) is 9.59 Å². The van der Waals surface area contributed by atoms with Crippen LogP contribution in [0.3, 0.4) is 0 Å². The molecule has 0 fully saturated rings. The van der Waals surface area contributed by atoms with Crippen molar-refractivity contribution >= 4 is 23.3 Å². The van der Waals surface area contributed by atoms with Crippen LogP contribution in [0, 0.1) is 0 Å². The number of hydrogen-bond donors (Lipinski definition) is 0. The third kappa shape index (κ3) is 4.05. The summed E-state index contributed by atoms with van der Waals surface area (Å²) in [5.41, 5.74) is 1.90. The fraction of sp³-hybridized carbons (Fsp3) is 0.222. The molecule has 0 saturated heterocycles. The monoisotopic (exact) mass is 298 g/mol. The second kappa shape index (κ2) is 7.23. The molecule has 0 unspecified atom stereocenters. The molecule has 21 heavy (non-hydrogen) atoms. The van der Waals surface area contributed by atoms with Crippen LogP contribution >= 0.6 is 11.8 Å². The van der Waals surface area contributed by atoms with Crippen LogP contribution in [0.25, 0.3) is 0 Å². The predicted molar refractivity (Wildman–Crippen MR) is 87.3 cm³/mol. The Morgan fingerprint density at radius 2 is 1.33 bits per heavy atom. The second-order valence-electron chi connectivity index (χ2n) is 4.84. The lowest BCUT2D eigenvalue weighted by Crippen LogP contribution is -2.02. The maximum absolute atomic E-state index is 12.4. The van der Waals surface area contributed by atoms with Crippen molar-refractivity contribution in [2.45, 2.75) is 25.2 Å². The fourth-order valence-electron chi connectivity index (χ4n) is 1.95. The van der Waals surface area contributed by atoms with Crippen molar-refractivity contribution in [3.63, 3.8) is 0 Å². The number of rotatable bonds is 6. The van der Waals surface area contributed by atoms with Gasteiger partial charge in [0.1, 0.15) is 0 Å². The molecule has 108 valence electrons. The van der Waals surface area contributed by atoms with E-state index in [4.69, 9.17) is 0 Å². The molecule has 2 aromatic rings. The van der Waals surface area contributed by atoms with Crippen molar-refractivity contribution in [2.75, 3.05) is 5.75 Å². The lowest BCUT2D eigenvalue weighted by Gasteiger charge is -2.04. The highest BCUT2D eigenvalue weighted by Gasteiger charge is 2.09. The van der Waals surface area contributed by atoms with E-state index in [1.165, 1.54) is 11.8 Å². The summed E-state index contributed by atoms with van der Waals surface area (Å²) in [6.45, 7) is 3.67. The summed E-state index contributed by atoms with van der Waals surface area (Å²) < 4.78 is 0. The van der Waals surface area contributed by atoms with Crippen molar-refractivity contribution < 1.29 is 9.59 Å². The summed E-state index contributed by atoms with van der Waals surface area (Å²) >= 11 is 1.79. The first-order valence-electron chi connectivity index (χ1n) is 7.00. The average Bonchev–Trinajstić information content (AvgIpc) is 2.53. The van der Waals surface area contributed by atoms with Gasteiger partial charge in [0.2, 0.25) is 0 Å². The summed E-state index contributed by atoms with van der Waals surface area (Å²) in [7, 11) is 0. The van der Waals surface area contributed by atoms with E-state index in [-0.39, 0.29) is 11.6 Å². The van der Waals surface area contributed by atoms with Gasteiger partial charge in [-0.2, -0.15) is 0 Å². The van der Waals surface area contributed by atoms with Gasteiger partial charge in [0.15, 0.2) is 11.6 Å². The molecule has 3 heteroatoms. The number of benzene rings is 2. The van der Waals surface area contributed by atoms with Gasteiger partial charge in [-0.25, -0.2) is 0 Å². The van der Waals surface area contributed by atoms with Crippen molar-refractivity contribution in [1.82, 2.24) is 0 Å². The predicted octanol–water partition coefficient (Wildman–Crippen LogP) is 4.62. The molecule has 0 spiro atoms. The zero-order valence-corrected chi connectivity index (χ0v) is 13.1. The standard InChI is InChI=1S/C18H18O2S/c1-3-12-21-17-10-8-16(9-11-17)18(20)15-6-4-14(5-7-15)13(2)19/h4-11H,3,12H2,1-2H3. The van der Waals surface area contributed by atoms with Gasteiger partial charge >= 0.3 is 0 Å². The van der Waals surface area contributed by atoms with Crippen molar-refractivity contribution in [2.24, 2.45) is 0 Å². The first-order chi connectivity index (χ1) is 10.1. The number of hydrogen-bond acceptors (Lipinski definition) is 3. The molecule has 0 amide bonds. The van der Waals surface area contributed by atoms with Crippen LogP contribution in [0.2, 0.25) is 0 Å². The zero-order valence-electron chi connectivity index (χ0n) is 12.3. The number of thioether (sulfide) groups is 1. The smallest absolute Gasteiger partial charge is 0.193 e. The lowest BCUT2D eigenvalue weighted by atomic mass is 10.0. The molecular formula is C18H18O2S. The SMILES string of the molecule is CCCSc1ccc(C(=O)c2ccc(C(C)=O)cc2)cc1. The van der Waals surface area contributed by atoms with Gasteiger partial charge in [0.05, 0.1) is 0 Å². The molecule has 2 nitrogen and oxygen atoms in total. The summed E-state index contributed by atoms with van der Waals surface area (Å²) in [4.78, 5) is 24.8. The first kappa shape index (κ1) is 15.5. The van der Waals surface area contributed by atoms with Gasteiger partial charge in [0, 0.05) is 21.6 Å². The molecule has 0 saturated carbocycles. The van der Waals surface area contributed by atoms with E-state index in [0.29, 0.717) is 16.7 Å². The highest BCUT2D eigenvalue weighted by molar-refractivity contribution is 7.99. The molecule has 0 N–H and O–H groups in total. The molecule has 0 heterocycles. The molecule has 0 aromatic heterocycles. The van der Waals surface area contributed by atoms with E-state index >= 15 is 0 Å². The van der Waals surface area contributed by atoms with Crippen LogP contribution in [0.5, 0.6) is 0 Å². The number of ketones is 2. The molecule has 0 radical (unpaired) electrons. The molecule has 2 rings (SSSR count). The van der Waals surface area contributed by atoms with Gasteiger partial charge < -0.3 is 0 Å². The lowest BCUT2D eigenvalue weighted by molar-refractivity contribution is 0.101. The molecule has 0 atom stereocenters. The maximum Gasteiger partial charge on any atom is 0.193 e. The number of carbonyl (C=O) groups is 2. The number of Topliss-reactive ketones (excluding diaryl/α,β-unsaturated/α-hetero) is 1. The van der Waals surface area contributed by atoms with E-state index in [2.05, 4.69) is 6.92 Å². The number of carbonyl (C=O) groups excluding carboxylic acids is 2. The molecule has 0 aliphatic rings. The van der Waals surface area contributed by atoms with Gasteiger partial charge in [-0.05, 0) is 43.4 Å². The normalized spacial score (nSPS) is 10.4. The average molecular weight is 298 g/mol. The minimum absolute atomic E-state index is 0.00583. The summed E-state index contributed by atoms with van der Waals surface area (Å²) in [6, 6.07) is 14.5. The van der Waals surface area contributed by atoms with Crippen LogP contribution < -0.4 is 0 Å². The molecule has 0 aliphatic heterocycles. The Kier molecular flexibility index (Phi) is 5.34. The van der Waals surface area contributed by atoms with Crippen LogP contribution in [-0.4, -0.2) is 17.3 Å². The van der Waals surface area contributed by atoms with E-state index in [1.54, 1.807) is 36.0 Å². The van der Waals surface area contributed by atoms with Gasteiger partial charge in [0.25, 0.3) is 0 Å². The van der Waals surface area contributed by atoms with Crippen LogP contribution in [0.1, 0.15) is 46.5 Å². The summed E-state index contributed by atoms with van der Waals surface area (Å²) in [5, 5.41) is 0. The molecule has 2 aromatic carbocycles. The third-order valence-corrected chi connectivity index (χ3v) is 4.36. The second-order valence-corrected chi connectivity index (χ2v) is 6.00. The van der Waals surface area contributed by atoms with Gasteiger partial charge in [-0.1, -0.05) is 31.2 Å². The van der Waals surface area contributed by atoms with Crippen molar-refractivity contribution in [3.05, 3.63) is 65.2 Å². The minimum Gasteiger partial charge on any atom is -0.295 e. The van der Waals surface area contributed by atoms with Crippen molar-refractivity contribution in [3.8, 4) is 0 Å². The zero-order chi connectivity index (χ0) is 15.2. The van der Waals surface area contributed by atoms with E-state index < -0.39 is 0 Å². The topological polar surface area (TPSA) is 34.1 Å². The summed E-state index contributed by atoms with van der Waals surface area (Å²) in [6.07, 6.45) is 1.13. The Morgan fingerprint density at radius 3 is 1.81 bits per heavy atom. The quantitative estimate of drug-likeness (QED) is 0.576. The van der Waals surface area contributed by atoms with Crippen LogP contribution in [0.4, 0.5) is 0 Å². The molecular weight excluding hydrogens is 280 g/mol. The largest absolute Gasteiger partial charge is 0.295 e. The van der Waals surface area contributed by atoms with Gasteiger partial charge in [-0.15, -0.1) is 11.8 Å². The fourth-order valence-corrected chi connectivity index (χ4v) is 2.71. The molecule has 0 bridgehead atoms. The Bertz CT molecular complexity index is 627. The Morgan fingerprint density at radius 1 is 0.857 bits per heavy atom. The van der Waals surface area contributed by atoms with Crippen LogP contribution in [-0.2, 0) is 0 Å². The Labute approximate surface area is 129 Å². The minimum atomic E-state index is -0.0165. The van der Waals surface area contributed by atoms with Crippen LogP contribution in [0.15, 0.2) is 53.4 Å².